The second-order valence-electron chi connectivity index (χ2n) is 9.33. The standard InChI is InChI=1S/C28H41N5O10S/c1-2-3-4-5-22-6-8-24(9-7-22)44(38,39)33-28-31-18-23(19-32-28)27(37)30-11-13-41-14-16-42-20-25(34)29-10-12-40-15-17-43-21-26(35)36/h6-9,18-19H,2-5,10-17,20-21H2,1H3,(H,29,34)(H,30,37)(H,35,36)(H,31,32,33). The van der Waals surface area contributed by atoms with Crippen LogP contribution in [0, 0.1) is 0 Å². The summed E-state index contributed by atoms with van der Waals surface area (Å²) in [6.07, 6.45) is 6.63. The van der Waals surface area contributed by atoms with Crippen LogP contribution in [-0.2, 0) is 45.0 Å². The van der Waals surface area contributed by atoms with Crippen molar-refractivity contribution in [2.75, 3.05) is 70.7 Å². The highest BCUT2D eigenvalue weighted by Gasteiger charge is 2.16. The molecule has 0 fully saturated rings. The maximum atomic E-state index is 12.7. The summed E-state index contributed by atoms with van der Waals surface area (Å²) in [5.74, 6) is -1.98. The number of hydrogen-bond donors (Lipinski definition) is 4. The highest BCUT2D eigenvalue weighted by Crippen LogP contribution is 2.15. The zero-order chi connectivity index (χ0) is 32.0. The molecule has 0 saturated carbocycles. The van der Waals surface area contributed by atoms with E-state index in [4.69, 9.17) is 24.1 Å². The van der Waals surface area contributed by atoms with Gasteiger partial charge in [0.05, 0.1) is 50.1 Å². The first kappa shape index (κ1) is 36.5. The van der Waals surface area contributed by atoms with Gasteiger partial charge in [-0.3, -0.25) is 9.59 Å². The molecule has 0 aliphatic rings. The molecule has 2 aromatic rings. The Morgan fingerprint density at radius 1 is 0.795 bits per heavy atom. The van der Waals surface area contributed by atoms with Crippen LogP contribution in [0.1, 0.15) is 42.1 Å². The Morgan fingerprint density at radius 3 is 2.00 bits per heavy atom. The number of sulfonamides is 1. The SMILES string of the molecule is CCCCCc1ccc(S(=O)(=O)Nc2ncc(C(=O)NCCOCCOCC(=O)NCCOCCOCC(=O)O)cn2)cc1. The lowest BCUT2D eigenvalue weighted by Crippen LogP contribution is -2.31. The van der Waals surface area contributed by atoms with E-state index >= 15 is 0 Å². The average Bonchev–Trinajstić information content (AvgIpc) is 3.00. The smallest absolute Gasteiger partial charge is 0.329 e. The molecule has 44 heavy (non-hydrogen) atoms. The Labute approximate surface area is 257 Å². The van der Waals surface area contributed by atoms with Crippen LogP contribution in [0.15, 0.2) is 41.6 Å². The third-order valence-electron chi connectivity index (χ3n) is 5.75. The van der Waals surface area contributed by atoms with Gasteiger partial charge in [-0.2, -0.15) is 0 Å². The van der Waals surface area contributed by atoms with Gasteiger partial charge in [0, 0.05) is 25.5 Å². The normalized spacial score (nSPS) is 11.2. The molecule has 1 aromatic heterocycles. The molecule has 0 unspecified atom stereocenters. The fraction of sp³-hybridized carbons (Fsp3) is 0.536. The van der Waals surface area contributed by atoms with Crippen molar-refractivity contribution in [3.63, 3.8) is 0 Å². The predicted octanol–water partition coefficient (Wildman–Crippen LogP) is 1.01. The van der Waals surface area contributed by atoms with Crippen molar-refractivity contribution >= 4 is 33.8 Å². The predicted molar refractivity (Wildman–Crippen MR) is 159 cm³/mol. The van der Waals surface area contributed by atoms with Crippen molar-refractivity contribution in [2.45, 2.75) is 37.5 Å². The summed E-state index contributed by atoms with van der Waals surface area (Å²) in [5.41, 5.74) is 1.22. The highest BCUT2D eigenvalue weighted by molar-refractivity contribution is 7.92. The highest BCUT2D eigenvalue weighted by atomic mass is 32.2. The molecule has 15 nitrogen and oxygen atoms in total. The Morgan fingerprint density at radius 2 is 1.39 bits per heavy atom. The van der Waals surface area contributed by atoms with Gasteiger partial charge in [-0.15, -0.1) is 0 Å². The van der Waals surface area contributed by atoms with Crippen molar-refractivity contribution in [1.82, 2.24) is 20.6 Å². The van der Waals surface area contributed by atoms with Gasteiger partial charge in [-0.1, -0.05) is 31.9 Å². The second kappa shape index (κ2) is 21.1. The number of aliphatic carboxylic acids is 1. The van der Waals surface area contributed by atoms with E-state index in [9.17, 15) is 22.8 Å². The molecule has 4 N–H and O–H groups in total. The molecular weight excluding hydrogens is 598 g/mol. The van der Waals surface area contributed by atoms with Crippen molar-refractivity contribution in [3.8, 4) is 0 Å². The fourth-order valence-electron chi connectivity index (χ4n) is 3.51. The molecular formula is C28H41N5O10S. The van der Waals surface area contributed by atoms with Gasteiger partial charge in [-0.05, 0) is 30.5 Å². The number of ether oxygens (including phenoxy) is 4. The molecule has 2 amide bonds. The monoisotopic (exact) mass is 639 g/mol. The van der Waals surface area contributed by atoms with Crippen molar-refractivity contribution in [1.29, 1.82) is 0 Å². The zero-order valence-corrected chi connectivity index (χ0v) is 25.6. The summed E-state index contributed by atoms with van der Waals surface area (Å²) in [4.78, 5) is 42.3. The van der Waals surface area contributed by atoms with Crippen molar-refractivity contribution in [2.24, 2.45) is 0 Å². The quantitative estimate of drug-likeness (QED) is 0.119. The molecule has 0 aliphatic heterocycles. The topological polar surface area (TPSA) is 204 Å². The van der Waals surface area contributed by atoms with Gasteiger partial charge < -0.3 is 34.7 Å². The molecule has 1 aromatic carbocycles. The number of carbonyl (C=O) groups is 3. The van der Waals surface area contributed by atoms with Crippen LogP contribution in [0.25, 0.3) is 0 Å². The molecule has 16 heteroatoms. The van der Waals surface area contributed by atoms with E-state index in [2.05, 4.69) is 32.2 Å². The lowest BCUT2D eigenvalue weighted by atomic mass is 10.1. The average molecular weight is 640 g/mol. The molecule has 0 radical (unpaired) electrons. The first-order valence-electron chi connectivity index (χ1n) is 14.2. The Kier molecular flexibility index (Phi) is 17.5. The van der Waals surface area contributed by atoms with E-state index < -0.39 is 21.9 Å². The molecule has 0 atom stereocenters. The van der Waals surface area contributed by atoms with E-state index in [1.165, 1.54) is 12.4 Å². The molecule has 2 rings (SSSR count). The van der Waals surface area contributed by atoms with Crippen LogP contribution in [0.3, 0.4) is 0 Å². The number of nitrogens with zero attached hydrogens (tertiary/aromatic N) is 2. The van der Waals surface area contributed by atoms with Crippen LogP contribution in [0.4, 0.5) is 5.95 Å². The van der Waals surface area contributed by atoms with E-state index in [1.807, 2.05) is 0 Å². The maximum absolute atomic E-state index is 12.7. The van der Waals surface area contributed by atoms with Gasteiger partial charge in [0.25, 0.3) is 15.9 Å². The number of aromatic nitrogens is 2. The van der Waals surface area contributed by atoms with Crippen LogP contribution in [-0.4, -0.2) is 107 Å². The first-order chi connectivity index (χ1) is 21.2. The number of carboxylic acids is 1. The summed E-state index contributed by atoms with van der Waals surface area (Å²) in [7, 11) is -3.88. The number of carboxylic acid groups (broad SMARTS) is 1. The molecule has 1 heterocycles. The Hall–Kier alpha value is -3.70. The van der Waals surface area contributed by atoms with Crippen molar-refractivity contribution in [3.05, 3.63) is 47.8 Å². The minimum absolute atomic E-state index is 0.0943. The van der Waals surface area contributed by atoms with E-state index in [-0.39, 0.29) is 88.3 Å². The summed E-state index contributed by atoms with van der Waals surface area (Å²) in [5, 5.41) is 13.7. The number of aryl methyl sites for hydroxylation is 1. The molecule has 244 valence electrons. The lowest BCUT2D eigenvalue weighted by molar-refractivity contribution is -0.142. The summed E-state index contributed by atoms with van der Waals surface area (Å²) >= 11 is 0. The number of rotatable bonds is 24. The third kappa shape index (κ3) is 15.7. The lowest BCUT2D eigenvalue weighted by Gasteiger charge is -2.09. The molecule has 0 saturated heterocycles. The maximum Gasteiger partial charge on any atom is 0.329 e. The summed E-state index contributed by atoms with van der Waals surface area (Å²) in [6.45, 7) is 3.26. The summed E-state index contributed by atoms with van der Waals surface area (Å²) in [6, 6.07) is 6.68. The van der Waals surface area contributed by atoms with Gasteiger partial charge in [0.1, 0.15) is 13.2 Å². The number of hydrogen-bond acceptors (Lipinski definition) is 11. The van der Waals surface area contributed by atoms with Gasteiger partial charge in [-0.25, -0.2) is 27.9 Å². The van der Waals surface area contributed by atoms with Crippen molar-refractivity contribution < 1.29 is 46.9 Å². The summed E-state index contributed by atoms with van der Waals surface area (Å²) < 4.78 is 48.2. The van der Waals surface area contributed by atoms with Gasteiger partial charge >= 0.3 is 5.97 Å². The number of carbonyl (C=O) groups excluding carboxylic acids is 2. The van der Waals surface area contributed by atoms with E-state index in [1.54, 1.807) is 24.3 Å². The Balaban J connectivity index is 1.54. The number of amides is 2. The largest absolute Gasteiger partial charge is 0.480 e. The van der Waals surface area contributed by atoms with E-state index in [0.29, 0.717) is 0 Å². The molecule has 0 spiro atoms. The zero-order valence-electron chi connectivity index (χ0n) is 24.8. The van der Waals surface area contributed by atoms with Gasteiger partial charge in [0.2, 0.25) is 11.9 Å². The molecule has 0 bridgehead atoms. The minimum atomic E-state index is -3.88. The molecule has 0 aliphatic carbocycles. The number of unbranched alkanes of at least 4 members (excludes halogenated alkanes) is 2. The van der Waals surface area contributed by atoms with E-state index in [0.717, 1.165) is 31.2 Å². The number of anilines is 1. The first-order valence-corrected chi connectivity index (χ1v) is 15.7. The van der Waals surface area contributed by atoms with Crippen LogP contribution in [0.5, 0.6) is 0 Å². The second-order valence-corrected chi connectivity index (χ2v) is 11.0. The van der Waals surface area contributed by atoms with Crippen LogP contribution >= 0.6 is 0 Å². The minimum Gasteiger partial charge on any atom is -0.480 e. The fourth-order valence-corrected chi connectivity index (χ4v) is 4.47. The number of nitrogens with one attached hydrogen (secondary N) is 3. The Bertz CT molecular complexity index is 1240. The van der Waals surface area contributed by atoms with Crippen LogP contribution in [0.2, 0.25) is 0 Å². The van der Waals surface area contributed by atoms with Gasteiger partial charge in [0.15, 0.2) is 0 Å². The third-order valence-corrected chi connectivity index (χ3v) is 7.09. The number of benzene rings is 1. The van der Waals surface area contributed by atoms with Crippen LogP contribution < -0.4 is 15.4 Å².